The summed E-state index contributed by atoms with van der Waals surface area (Å²) in [6.07, 6.45) is -0.240. The number of fused-ring (bicyclic) bond motifs is 1. The number of benzene rings is 2. The predicted octanol–water partition coefficient (Wildman–Crippen LogP) is 5.46. The zero-order valence-electron chi connectivity index (χ0n) is 23.6. The van der Waals surface area contributed by atoms with E-state index in [1.807, 2.05) is 0 Å². The fourth-order valence-corrected chi connectivity index (χ4v) is 4.27. The number of rotatable bonds is 9. The van der Waals surface area contributed by atoms with Crippen LogP contribution in [0.15, 0.2) is 53.3 Å². The van der Waals surface area contributed by atoms with Crippen molar-refractivity contribution < 1.29 is 27.5 Å². The van der Waals surface area contributed by atoms with Gasteiger partial charge >= 0.3 is 6.09 Å². The molecule has 2 aromatic heterocycles. The third kappa shape index (κ3) is 7.12. The van der Waals surface area contributed by atoms with Gasteiger partial charge < -0.3 is 15.4 Å². The fraction of sp³-hybridized carbons (Fsp3) is 0.300. The number of hydrogen-bond donors (Lipinski definition) is 2. The number of Topliss-reactive ketones (excluding diaryl/α,β-unsaturated/α-hetero) is 1. The highest BCUT2D eigenvalue weighted by molar-refractivity contribution is 5.93. The summed E-state index contributed by atoms with van der Waals surface area (Å²) < 4.78 is 49.5. The van der Waals surface area contributed by atoms with Crippen molar-refractivity contribution in [1.29, 1.82) is 0 Å². The van der Waals surface area contributed by atoms with E-state index < -0.39 is 40.4 Å². The van der Waals surface area contributed by atoms with Crippen LogP contribution in [0.25, 0.3) is 28.0 Å². The van der Waals surface area contributed by atoms with Gasteiger partial charge in [0.05, 0.1) is 12.2 Å². The standard InChI is InChI=1S/C30H30F3N5O4/c1-17-15-18(31)10-11-20(17)25-21-12-13-24(40)38(26-22(32)8-5-9-23(26)33)27(21)37-28(36-25)34-14-6-7-19(39)16-35-29(41)42-30(2,3)4/h5,8-13,15H,6-7,14,16H2,1-4H3,(H,35,41)(H,34,36,37). The number of hydrogen-bond acceptors (Lipinski definition) is 7. The Kier molecular flexibility index (Phi) is 8.93. The minimum Gasteiger partial charge on any atom is -0.444 e. The molecule has 2 N–H and O–H groups in total. The molecule has 12 heteroatoms. The van der Waals surface area contributed by atoms with Crippen molar-refractivity contribution in [3.63, 3.8) is 0 Å². The molecule has 0 bridgehead atoms. The summed E-state index contributed by atoms with van der Waals surface area (Å²) in [7, 11) is 0. The highest BCUT2D eigenvalue weighted by atomic mass is 19.1. The lowest BCUT2D eigenvalue weighted by Gasteiger charge is -2.19. The van der Waals surface area contributed by atoms with Gasteiger partial charge in [0, 0.05) is 30.0 Å². The number of carbonyl (C=O) groups is 2. The van der Waals surface area contributed by atoms with Crippen LogP contribution >= 0.6 is 0 Å². The molecule has 2 heterocycles. The Morgan fingerprint density at radius 3 is 2.38 bits per heavy atom. The molecule has 0 aliphatic rings. The Hall–Kier alpha value is -4.74. The Labute approximate surface area is 239 Å². The Morgan fingerprint density at radius 2 is 1.71 bits per heavy atom. The van der Waals surface area contributed by atoms with Gasteiger partial charge in [-0.15, -0.1) is 0 Å². The van der Waals surface area contributed by atoms with Crippen LogP contribution in [0.5, 0.6) is 0 Å². The molecule has 0 saturated heterocycles. The molecule has 0 saturated carbocycles. The predicted molar refractivity (Wildman–Crippen MR) is 152 cm³/mol. The lowest BCUT2D eigenvalue weighted by atomic mass is 10.0. The number of halogens is 3. The highest BCUT2D eigenvalue weighted by Crippen LogP contribution is 2.31. The van der Waals surface area contributed by atoms with Gasteiger partial charge in [0.15, 0.2) is 11.4 Å². The van der Waals surface area contributed by atoms with Crippen LogP contribution in [0.2, 0.25) is 0 Å². The van der Waals surface area contributed by atoms with Crippen molar-refractivity contribution >= 4 is 28.9 Å². The highest BCUT2D eigenvalue weighted by Gasteiger charge is 2.21. The van der Waals surface area contributed by atoms with Crippen LogP contribution in [-0.4, -0.2) is 45.1 Å². The molecule has 0 unspecified atom stereocenters. The molecular weight excluding hydrogens is 551 g/mol. The minimum atomic E-state index is -0.962. The van der Waals surface area contributed by atoms with Crippen LogP contribution < -0.4 is 16.2 Å². The Bertz CT molecular complexity index is 1700. The van der Waals surface area contributed by atoms with Gasteiger partial charge in [-0.1, -0.05) is 6.07 Å². The number of anilines is 1. The summed E-state index contributed by atoms with van der Waals surface area (Å²) in [4.78, 5) is 45.9. The van der Waals surface area contributed by atoms with Crippen LogP contribution in [0.4, 0.5) is 23.9 Å². The van der Waals surface area contributed by atoms with Crippen LogP contribution in [-0.2, 0) is 9.53 Å². The van der Waals surface area contributed by atoms with Gasteiger partial charge in [0.25, 0.3) is 5.56 Å². The summed E-state index contributed by atoms with van der Waals surface area (Å²) in [6, 6.07) is 9.95. The second-order valence-corrected chi connectivity index (χ2v) is 10.6. The van der Waals surface area contributed by atoms with Crippen LogP contribution in [0.1, 0.15) is 39.2 Å². The number of aromatic nitrogens is 3. The summed E-state index contributed by atoms with van der Waals surface area (Å²) >= 11 is 0. The molecule has 1 amide bonds. The second kappa shape index (κ2) is 12.4. The van der Waals surface area contributed by atoms with E-state index in [1.165, 1.54) is 30.3 Å². The van der Waals surface area contributed by atoms with E-state index in [2.05, 4.69) is 20.6 Å². The monoisotopic (exact) mass is 581 g/mol. The molecule has 4 aromatic rings. The summed E-state index contributed by atoms with van der Waals surface area (Å²) in [5.74, 6) is -2.58. The number of carbonyl (C=O) groups excluding carboxylic acids is 2. The molecule has 0 radical (unpaired) electrons. The SMILES string of the molecule is Cc1cc(F)ccc1-c1nc(NCCCC(=O)CNC(=O)OC(C)(C)C)nc2c1ccc(=O)n2-c1c(F)cccc1F. The molecule has 42 heavy (non-hydrogen) atoms. The van der Waals surface area contributed by atoms with Crippen LogP contribution in [0, 0.1) is 24.4 Å². The number of para-hydroxylation sites is 1. The minimum absolute atomic E-state index is 0.0247. The number of nitrogens with one attached hydrogen (secondary N) is 2. The van der Waals surface area contributed by atoms with Gasteiger partial charge in [0.2, 0.25) is 5.95 Å². The quantitative estimate of drug-likeness (QED) is 0.252. The lowest BCUT2D eigenvalue weighted by Crippen LogP contribution is -2.35. The maximum Gasteiger partial charge on any atom is 0.408 e. The van der Waals surface area contributed by atoms with E-state index in [0.29, 0.717) is 28.6 Å². The molecular formula is C30H30F3N5O4. The van der Waals surface area contributed by atoms with E-state index >= 15 is 0 Å². The molecule has 4 rings (SSSR count). The topological polar surface area (TPSA) is 115 Å². The first-order valence-electron chi connectivity index (χ1n) is 13.2. The van der Waals surface area contributed by atoms with E-state index in [-0.39, 0.29) is 36.9 Å². The largest absolute Gasteiger partial charge is 0.444 e. The van der Waals surface area contributed by atoms with Gasteiger partial charge in [-0.2, -0.15) is 4.98 Å². The number of ketones is 1. The zero-order chi connectivity index (χ0) is 30.6. The Balaban J connectivity index is 1.64. The number of pyridine rings is 1. The fourth-order valence-electron chi connectivity index (χ4n) is 4.27. The van der Waals surface area contributed by atoms with Crippen molar-refractivity contribution in [2.45, 2.75) is 46.1 Å². The van der Waals surface area contributed by atoms with Gasteiger partial charge in [-0.25, -0.2) is 22.9 Å². The number of alkyl carbamates (subject to hydrolysis) is 1. The first-order chi connectivity index (χ1) is 19.8. The smallest absolute Gasteiger partial charge is 0.408 e. The molecule has 0 aliphatic heterocycles. The van der Waals surface area contributed by atoms with Crippen molar-refractivity contribution in [3.05, 3.63) is 81.9 Å². The number of amides is 1. The third-order valence-corrected chi connectivity index (χ3v) is 6.10. The maximum atomic E-state index is 14.8. The normalized spacial score (nSPS) is 11.4. The Morgan fingerprint density at radius 1 is 1.00 bits per heavy atom. The first-order valence-corrected chi connectivity index (χ1v) is 13.2. The van der Waals surface area contributed by atoms with Crippen LogP contribution in [0.3, 0.4) is 0 Å². The van der Waals surface area contributed by atoms with Gasteiger partial charge in [0.1, 0.15) is 28.7 Å². The summed E-state index contributed by atoms with van der Waals surface area (Å²) in [5.41, 5.74) is -0.703. The molecule has 220 valence electrons. The lowest BCUT2D eigenvalue weighted by molar-refractivity contribution is -0.118. The summed E-state index contributed by atoms with van der Waals surface area (Å²) in [5, 5.41) is 5.71. The average Bonchev–Trinajstić information content (AvgIpc) is 2.89. The molecule has 9 nitrogen and oxygen atoms in total. The first kappa shape index (κ1) is 30.2. The average molecular weight is 582 g/mol. The van der Waals surface area contributed by atoms with E-state index in [9.17, 15) is 27.6 Å². The van der Waals surface area contributed by atoms with E-state index in [4.69, 9.17) is 4.74 Å². The van der Waals surface area contributed by atoms with E-state index in [0.717, 1.165) is 22.8 Å². The third-order valence-electron chi connectivity index (χ3n) is 6.10. The molecule has 0 fully saturated rings. The van der Waals surface area contributed by atoms with Gasteiger partial charge in [-0.05, 0) is 76.1 Å². The number of ether oxygens (including phenoxy) is 1. The van der Waals surface area contributed by atoms with Crippen molar-refractivity contribution in [1.82, 2.24) is 19.9 Å². The maximum absolute atomic E-state index is 14.8. The second-order valence-electron chi connectivity index (χ2n) is 10.6. The summed E-state index contributed by atoms with van der Waals surface area (Å²) in [6.45, 7) is 6.84. The van der Waals surface area contributed by atoms with Gasteiger partial charge in [-0.3, -0.25) is 14.2 Å². The van der Waals surface area contributed by atoms with Crippen molar-refractivity contribution in [2.75, 3.05) is 18.4 Å². The number of nitrogens with zero attached hydrogens (tertiary/aromatic N) is 3. The molecule has 2 aromatic carbocycles. The molecule has 0 aliphatic carbocycles. The number of aryl methyl sites for hydroxylation is 1. The van der Waals surface area contributed by atoms with E-state index in [1.54, 1.807) is 27.7 Å². The molecule has 0 spiro atoms. The van der Waals surface area contributed by atoms with Crippen molar-refractivity contribution in [2.24, 2.45) is 0 Å². The molecule has 0 atom stereocenters. The van der Waals surface area contributed by atoms with Crippen molar-refractivity contribution in [3.8, 4) is 16.9 Å². The zero-order valence-corrected chi connectivity index (χ0v) is 23.6.